The summed E-state index contributed by atoms with van der Waals surface area (Å²) < 4.78 is 16.3. The second kappa shape index (κ2) is 9.08. The van der Waals surface area contributed by atoms with Gasteiger partial charge in [0.05, 0.1) is 26.8 Å². The monoisotopic (exact) mass is 420 g/mol. The molecule has 4 rings (SSSR count). The van der Waals surface area contributed by atoms with E-state index in [0.29, 0.717) is 29.9 Å². The normalized spacial score (nSPS) is 10.7. The number of aromatic nitrogens is 2. The van der Waals surface area contributed by atoms with Crippen molar-refractivity contribution < 1.29 is 14.2 Å². The van der Waals surface area contributed by atoms with Gasteiger partial charge in [0, 0.05) is 34.6 Å². The maximum Gasteiger partial charge on any atom is 0.252 e. The molecule has 0 aliphatic heterocycles. The molecule has 4 aromatic rings. The molecule has 0 aliphatic carbocycles. The number of methoxy groups -OCH3 is 3. The molecule has 0 amide bonds. The third-order valence-electron chi connectivity index (χ3n) is 5.39. The molecule has 0 bridgehead atoms. The summed E-state index contributed by atoms with van der Waals surface area (Å²) in [6.07, 6.45) is 2.97. The summed E-state index contributed by atoms with van der Waals surface area (Å²) >= 11 is 0. The predicted molar refractivity (Wildman–Crippen MR) is 125 cm³/mol. The number of rotatable bonds is 6. The van der Waals surface area contributed by atoms with Crippen LogP contribution in [0.25, 0.3) is 21.7 Å². The molecular weight excluding hydrogens is 392 g/mol. The van der Waals surface area contributed by atoms with Crippen LogP contribution < -0.4 is 19.8 Å². The minimum absolute atomic E-state index is 0. The van der Waals surface area contributed by atoms with Gasteiger partial charge in [0.2, 0.25) is 0 Å². The third kappa shape index (κ3) is 4.06. The van der Waals surface area contributed by atoms with Crippen molar-refractivity contribution in [1.29, 1.82) is 0 Å². The topological polar surface area (TPSA) is 73.4 Å². The fourth-order valence-electron chi connectivity index (χ4n) is 3.82. The van der Waals surface area contributed by atoms with Gasteiger partial charge in [0.15, 0.2) is 11.5 Å². The Kier molecular flexibility index (Phi) is 6.49. The number of H-pyrrole nitrogens is 1. The second-order valence-corrected chi connectivity index (χ2v) is 7.10. The summed E-state index contributed by atoms with van der Waals surface area (Å²) in [5.74, 6) is 2.01. The molecule has 0 unspecified atom stereocenters. The summed E-state index contributed by atoms with van der Waals surface area (Å²) in [6, 6.07) is 11.6. The summed E-state index contributed by atoms with van der Waals surface area (Å²) in [5.41, 5.74) is 3.28. The van der Waals surface area contributed by atoms with Gasteiger partial charge in [-0.05, 0) is 53.8 Å². The van der Waals surface area contributed by atoms with Crippen LogP contribution in [-0.2, 0) is 12.8 Å². The predicted octanol–water partition coefficient (Wildman–Crippen LogP) is 4.89. The Morgan fingerprint density at radius 1 is 0.935 bits per heavy atom. The fraction of sp³-hybridized carbons (Fsp3) is 0.280. The molecular formula is C25H28N2O4. The van der Waals surface area contributed by atoms with Crippen molar-refractivity contribution in [1.82, 2.24) is 9.97 Å². The van der Waals surface area contributed by atoms with E-state index in [4.69, 9.17) is 14.2 Å². The SMILES string of the molecule is C.CCc1[nH]c(=O)c(Cc2cnc3ccc(OC)cc3c2)c2cc(OC)c(OC)cc12. The fourth-order valence-corrected chi connectivity index (χ4v) is 3.82. The third-order valence-corrected chi connectivity index (χ3v) is 5.39. The Morgan fingerprint density at radius 2 is 1.65 bits per heavy atom. The van der Waals surface area contributed by atoms with Crippen LogP contribution in [0.2, 0.25) is 0 Å². The van der Waals surface area contributed by atoms with Crippen molar-refractivity contribution in [2.24, 2.45) is 0 Å². The molecule has 0 spiro atoms. The first-order valence-electron chi connectivity index (χ1n) is 9.80. The summed E-state index contributed by atoms with van der Waals surface area (Å²) in [6.45, 7) is 2.02. The molecule has 6 nitrogen and oxygen atoms in total. The van der Waals surface area contributed by atoms with Gasteiger partial charge in [-0.25, -0.2) is 0 Å². The van der Waals surface area contributed by atoms with E-state index < -0.39 is 0 Å². The highest BCUT2D eigenvalue weighted by Crippen LogP contribution is 2.34. The Labute approximate surface area is 181 Å². The molecule has 2 aromatic heterocycles. The molecule has 1 N–H and O–H groups in total. The van der Waals surface area contributed by atoms with Gasteiger partial charge >= 0.3 is 0 Å². The molecule has 6 heteroatoms. The van der Waals surface area contributed by atoms with E-state index in [9.17, 15) is 4.79 Å². The molecule has 0 fully saturated rings. The second-order valence-electron chi connectivity index (χ2n) is 7.10. The number of ether oxygens (including phenoxy) is 3. The Bertz CT molecular complexity index is 1290. The van der Waals surface area contributed by atoms with Crippen molar-refractivity contribution >= 4 is 21.7 Å². The first-order valence-corrected chi connectivity index (χ1v) is 9.80. The molecule has 2 heterocycles. The van der Waals surface area contributed by atoms with Gasteiger partial charge < -0.3 is 19.2 Å². The van der Waals surface area contributed by atoms with Crippen LogP contribution in [0, 0.1) is 0 Å². The lowest BCUT2D eigenvalue weighted by Gasteiger charge is -2.14. The minimum atomic E-state index is -0.0997. The van der Waals surface area contributed by atoms with Crippen LogP contribution in [0.4, 0.5) is 0 Å². The standard InChI is InChI=1S/C24H24N2O4.CH4/c1-5-20-18-12-23(30-4)22(29-3)11-17(18)19(24(27)26-20)9-14-8-15-10-16(28-2)6-7-21(15)25-13-14;/h6-8,10-13H,5,9H2,1-4H3,(H,26,27);1H4. The van der Waals surface area contributed by atoms with Crippen LogP contribution in [0.15, 0.2) is 47.4 Å². The number of fused-ring (bicyclic) bond motifs is 2. The molecule has 0 saturated heterocycles. The summed E-state index contributed by atoms with van der Waals surface area (Å²) in [4.78, 5) is 20.6. The maximum absolute atomic E-state index is 13.0. The Hall–Kier alpha value is -3.54. The smallest absolute Gasteiger partial charge is 0.252 e. The number of nitrogens with one attached hydrogen (secondary N) is 1. The molecule has 2 aromatic carbocycles. The highest BCUT2D eigenvalue weighted by Gasteiger charge is 2.16. The lowest BCUT2D eigenvalue weighted by Crippen LogP contribution is -2.16. The van der Waals surface area contributed by atoms with Crippen LogP contribution in [0.3, 0.4) is 0 Å². The zero-order chi connectivity index (χ0) is 21.3. The van der Waals surface area contributed by atoms with E-state index >= 15 is 0 Å². The number of benzene rings is 2. The molecule has 31 heavy (non-hydrogen) atoms. The van der Waals surface area contributed by atoms with E-state index in [-0.39, 0.29) is 13.0 Å². The summed E-state index contributed by atoms with van der Waals surface area (Å²) in [7, 11) is 4.84. The average molecular weight is 421 g/mol. The number of hydrogen-bond donors (Lipinski definition) is 1. The van der Waals surface area contributed by atoms with Crippen LogP contribution in [-0.4, -0.2) is 31.3 Å². The summed E-state index contributed by atoms with van der Waals surface area (Å²) in [5, 5.41) is 2.79. The van der Waals surface area contributed by atoms with E-state index in [0.717, 1.165) is 38.7 Å². The Balaban J connectivity index is 0.00000272. The van der Waals surface area contributed by atoms with Gasteiger partial charge in [0.25, 0.3) is 5.56 Å². The highest BCUT2D eigenvalue weighted by atomic mass is 16.5. The molecule has 0 radical (unpaired) electrons. The van der Waals surface area contributed by atoms with E-state index in [1.165, 1.54) is 0 Å². The van der Waals surface area contributed by atoms with E-state index in [1.807, 2.05) is 49.5 Å². The van der Waals surface area contributed by atoms with E-state index in [1.54, 1.807) is 21.3 Å². The lowest BCUT2D eigenvalue weighted by molar-refractivity contribution is 0.356. The van der Waals surface area contributed by atoms with Crippen molar-refractivity contribution in [2.75, 3.05) is 21.3 Å². The lowest BCUT2D eigenvalue weighted by atomic mass is 9.97. The van der Waals surface area contributed by atoms with Crippen LogP contribution >= 0.6 is 0 Å². The van der Waals surface area contributed by atoms with E-state index in [2.05, 4.69) is 9.97 Å². The first-order chi connectivity index (χ1) is 14.6. The average Bonchev–Trinajstić information content (AvgIpc) is 2.79. The minimum Gasteiger partial charge on any atom is -0.497 e. The van der Waals surface area contributed by atoms with Crippen molar-refractivity contribution in [2.45, 2.75) is 27.2 Å². The van der Waals surface area contributed by atoms with Gasteiger partial charge in [0.1, 0.15) is 5.75 Å². The van der Waals surface area contributed by atoms with Gasteiger partial charge in [-0.3, -0.25) is 9.78 Å². The number of pyridine rings is 2. The first kappa shape index (κ1) is 22.2. The number of nitrogens with zero attached hydrogens (tertiary/aromatic N) is 1. The Morgan fingerprint density at radius 3 is 2.29 bits per heavy atom. The quantitative estimate of drug-likeness (QED) is 0.481. The zero-order valence-electron chi connectivity index (χ0n) is 17.5. The van der Waals surface area contributed by atoms with Crippen molar-refractivity contribution in [3.8, 4) is 17.2 Å². The zero-order valence-corrected chi connectivity index (χ0v) is 17.5. The number of aromatic amines is 1. The van der Waals surface area contributed by atoms with Crippen LogP contribution in [0.1, 0.15) is 31.2 Å². The number of aryl methyl sites for hydroxylation is 1. The van der Waals surface area contributed by atoms with Gasteiger partial charge in [-0.15, -0.1) is 0 Å². The van der Waals surface area contributed by atoms with Gasteiger partial charge in [-0.1, -0.05) is 14.4 Å². The molecule has 162 valence electrons. The molecule has 0 aliphatic rings. The molecule has 0 saturated carbocycles. The van der Waals surface area contributed by atoms with Crippen LogP contribution in [0.5, 0.6) is 17.2 Å². The largest absolute Gasteiger partial charge is 0.497 e. The highest BCUT2D eigenvalue weighted by molar-refractivity contribution is 5.91. The maximum atomic E-state index is 13.0. The number of hydrogen-bond acceptors (Lipinski definition) is 5. The van der Waals surface area contributed by atoms with Gasteiger partial charge in [-0.2, -0.15) is 0 Å². The van der Waals surface area contributed by atoms with Crippen molar-refractivity contribution in [3.63, 3.8) is 0 Å². The van der Waals surface area contributed by atoms with Crippen molar-refractivity contribution in [3.05, 3.63) is 69.8 Å². The molecule has 0 atom stereocenters.